The van der Waals surface area contributed by atoms with E-state index in [-0.39, 0.29) is 12.5 Å². The SMILES string of the molecule is CCCCC/C=C\C/C=C\CCCCCCCCCCCC(=O)NC(COC1OC(CO)C(OC2OC(CO)C(O)C(O)C2O)C(O)C1O)C(O)CCCCCCCCCCCCCCCCCCCCCC. The fraction of sp³-hybridized carbons (Fsp3) is 0.915. The molecule has 2 rings (SSSR count). The molecule has 73 heavy (non-hydrogen) atoms. The van der Waals surface area contributed by atoms with Gasteiger partial charge in [-0.2, -0.15) is 0 Å². The Kier molecular flexibility index (Phi) is 42.1. The summed E-state index contributed by atoms with van der Waals surface area (Å²) in [4.78, 5) is 13.3. The van der Waals surface area contributed by atoms with E-state index in [1.165, 1.54) is 161 Å². The Morgan fingerprint density at radius 1 is 0.493 bits per heavy atom. The Hall–Kier alpha value is -1.53. The lowest BCUT2D eigenvalue weighted by molar-refractivity contribution is -0.359. The first kappa shape index (κ1) is 67.6. The van der Waals surface area contributed by atoms with E-state index in [9.17, 15) is 45.6 Å². The molecule has 0 radical (unpaired) electrons. The van der Waals surface area contributed by atoms with E-state index in [0.717, 1.165) is 64.2 Å². The smallest absolute Gasteiger partial charge is 0.220 e. The monoisotopic (exact) mass is 1040 g/mol. The third-order valence-corrected chi connectivity index (χ3v) is 14.9. The molecule has 2 saturated heterocycles. The van der Waals surface area contributed by atoms with Gasteiger partial charge in [-0.1, -0.05) is 224 Å². The summed E-state index contributed by atoms with van der Waals surface area (Å²) in [7, 11) is 0. The van der Waals surface area contributed by atoms with Crippen molar-refractivity contribution in [1.82, 2.24) is 5.32 Å². The second kappa shape index (κ2) is 45.5. The maximum atomic E-state index is 13.3. The highest BCUT2D eigenvalue weighted by atomic mass is 16.7. The van der Waals surface area contributed by atoms with E-state index in [4.69, 9.17) is 18.9 Å². The molecule has 9 N–H and O–H groups in total. The van der Waals surface area contributed by atoms with Gasteiger partial charge in [-0.25, -0.2) is 0 Å². The molecule has 1 amide bonds. The summed E-state index contributed by atoms with van der Waals surface area (Å²) >= 11 is 0. The first-order chi connectivity index (χ1) is 35.6. The second-order valence-corrected chi connectivity index (χ2v) is 21.5. The minimum absolute atomic E-state index is 0.209. The first-order valence-electron chi connectivity index (χ1n) is 30.1. The second-order valence-electron chi connectivity index (χ2n) is 21.5. The van der Waals surface area contributed by atoms with Gasteiger partial charge in [-0.15, -0.1) is 0 Å². The molecular weight excluding hydrogens is 931 g/mol. The zero-order chi connectivity index (χ0) is 53.2. The van der Waals surface area contributed by atoms with Gasteiger partial charge in [-0.05, 0) is 44.9 Å². The number of amides is 1. The Bertz CT molecular complexity index is 1320. The molecule has 0 aromatic heterocycles. The summed E-state index contributed by atoms with van der Waals surface area (Å²) in [5.74, 6) is -0.209. The molecule has 0 aromatic rings. The lowest BCUT2D eigenvalue weighted by Crippen LogP contribution is -2.65. The van der Waals surface area contributed by atoms with Gasteiger partial charge in [0.05, 0.1) is 32.0 Å². The number of aliphatic hydroxyl groups is 8. The highest BCUT2D eigenvalue weighted by Gasteiger charge is 2.51. The van der Waals surface area contributed by atoms with Crippen molar-refractivity contribution in [3.63, 3.8) is 0 Å². The molecule has 0 aliphatic carbocycles. The number of hydrogen-bond acceptors (Lipinski definition) is 13. The number of allylic oxidation sites excluding steroid dienone is 4. The van der Waals surface area contributed by atoms with Crippen LogP contribution in [0, 0.1) is 0 Å². The van der Waals surface area contributed by atoms with Crippen LogP contribution in [0.15, 0.2) is 24.3 Å². The molecule has 2 fully saturated rings. The Morgan fingerprint density at radius 2 is 0.904 bits per heavy atom. The molecule has 2 aliphatic heterocycles. The van der Waals surface area contributed by atoms with E-state index >= 15 is 0 Å². The van der Waals surface area contributed by atoms with Gasteiger partial charge in [0.15, 0.2) is 12.6 Å². The van der Waals surface area contributed by atoms with Gasteiger partial charge in [0.25, 0.3) is 0 Å². The summed E-state index contributed by atoms with van der Waals surface area (Å²) in [6.45, 7) is 2.86. The average Bonchev–Trinajstić information content (AvgIpc) is 3.39. The molecular formula is C59H111NO13. The normalized spacial score (nSPS) is 25.5. The molecule has 12 unspecified atom stereocenters. The van der Waals surface area contributed by atoms with Crippen LogP contribution in [-0.2, 0) is 23.7 Å². The van der Waals surface area contributed by atoms with E-state index in [1.807, 2.05) is 0 Å². The molecule has 14 heteroatoms. The summed E-state index contributed by atoms with van der Waals surface area (Å²) in [6.07, 6.45) is 35.9. The van der Waals surface area contributed by atoms with Crippen LogP contribution in [-0.4, -0.2) is 140 Å². The average molecular weight is 1040 g/mol. The van der Waals surface area contributed by atoms with E-state index in [1.54, 1.807) is 0 Å². The van der Waals surface area contributed by atoms with Gasteiger partial charge in [0, 0.05) is 6.42 Å². The summed E-state index contributed by atoms with van der Waals surface area (Å²) in [6, 6.07) is -0.830. The van der Waals surface area contributed by atoms with Crippen LogP contribution in [0.2, 0.25) is 0 Å². The maximum absolute atomic E-state index is 13.3. The topological polar surface area (TPSA) is 228 Å². The Balaban J connectivity index is 1.76. The number of hydrogen-bond donors (Lipinski definition) is 9. The van der Waals surface area contributed by atoms with Crippen LogP contribution in [0.5, 0.6) is 0 Å². The summed E-state index contributed by atoms with van der Waals surface area (Å²) in [5, 5.41) is 87.3. The lowest BCUT2D eigenvalue weighted by atomic mass is 9.97. The van der Waals surface area contributed by atoms with Crippen LogP contribution < -0.4 is 5.32 Å². The minimum atomic E-state index is -1.78. The van der Waals surface area contributed by atoms with Crippen LogP contribution in [0.3, 0.4) is 0 Å². The zero-order valence-electron chi connectivity index (χ0n) is 46.1. The maximum Gasteiger partial charge on any atom is 0.220 e. The van der Waals surface area contributed by atoms with Crippen LogP contribution in [0.4, 0.5) is 0 Å². The van der Waals surface area contributed by atoms with Crippen molar-refractivity contribution < 1.29 is 64.6 Å². The van der Waals surface area contributed by atoms with Crippen molar-refractivity contribution in [2.24, 2.45) is 0 Å². The molecule has 2 heterocycles. The third-order valence-electron chi connectivity index (χ3n) is 14.9. The molecule has 12 atom stereocenters. The number of rotatable bonds is 48. The largest absolute Gasteiger partial charge is 0.394 e. The predicted octanol–water partition coefficient (Wildman–Crippen LogP) is 10.1. The molecule has 0 bridgehead atoms. The van der Waals surface area contributed by atoms with Crippen molar-refractivity contribution >= 4 is 5.91 Å². The number of aliphatic hydroxyl groups excluding tert-OH is 8. The zero-order valence-corrected chi connectivity index (χ0v) is 46.1. The first-order valence-corrected chi connectivity index (χ1v) is 30.1. The molecule has 0 saturated carbocycles. The van der Waals surface area contributed by atoms with Crippen molar-refractivity contribution in [2.75, 3.05) is 19.8 Å². The van der Waals surface area contributed by atoms with Crippen LogP contribution in [0.25, 0.3) is 0 Å². The minimum Gasteiger partial charge on any atom is -0.394 e. The summed E-state index contributed by atoms with van der Waals surface area (Å²) in [5.41, 5.74) is 0. The standard InChI is InChI=1S/C59H111NO13/c1-3-5-7-9-11-13-15-17-19-21-23-25-26-28-30-32-34-36-38-40-42-48(63)47(60-51(64)43-41-39-37-35-33-31-29-27-24-22-20-18-16-14-12-10-8-6-4-2)46-70-58-56(69)54(67)57(50(45-62)72-58)73-59-55(68)53(66)52(65)49(44-61)71-59/h12,14,18,20,47-50,52-59,61-63,65-69H,3-11,13,15-17,19,21-46H2,1-2H3,(H,60,64)/b14-12-,20-18-. The Morgan fingerprint density at radius 3 is 1.40 bits per heavy atom. The molecule has 430 valence electrons. The third kappa shape index (κ3) is 31.5. The van der Waals surface area contributed by atoms with Gasteiger partial charge < -0.3 is 65.1 Å². The van der Waals surface area contributed by atoms with Gasteiger partial charge >= 0.3 is 0 Å². The number of ether oxygens (including phenoxy) is 4. The number of unbranched alkanes of at least 4 members (excludes halogenated alkanes) is 31. The fourth-order valence-corrected chi connectivity index (χ4v) is 10.0. The van der Waals surface area contributed by atoms with E-state index in [2.05, 4.69) is 43.5 Å². The van der Waals surface area contributed by atoms with Gasteiger partial charge in [-0.3, -0.25) is 4.79 Å². The fourth-order valence-electron chi connectivity index (χ4n) is 10.0. The predicted molar refractivity (Wildman–Crippen MR) is 291 cm³/mol. The van der Waals surface area contributed by atoms with Crippen molar-refractivity contribution in [2.45, 2.75) is 325 Å². The molecule has 14 nitrogen and oxygen atoms in total. The van der Waals surface area contributed by atoms with Gasteiger partial charge in [0.1, 0.15) is 48.8 Å². The van der Waals surface area contributed by atoms with E-state index in [0.29, 0.717) is 12.8 Å². The molecule has 0 spiro atoms. The summed E-state index contributed by atoms with van der Waals surface area (Å²) < 4.78 is 22.8. The molecule has 2 aliphatic rings. The lowest BCUT2D eigenvalue weighted by Gasteiger charge is -2.46. The van der Waals surface area contributed by atoms with Crippen LogP contribution >= 0.6 is 0 Å². The van der Waals surface area contributed by atoms with Crippen LogP contribution in [0.1, 0.15) is 251 Å². The number of nitrogens with one attached hydrogen (secondary N) is 1. The highest BCUT2D eigenvalue weighted by Crippen LogP contribution is 2.30. The number of carbonyl (C=O) groups excluding carboxylic acids is 1. The van der Waals surface area contributed by atoms with Crippen molar-refractivity contribution in [3.8, 4) is 0 Å². The quantitative estimate of drug-likeness (QED) is 0.0204. The van der Waals surface area contributed by atoms with Crippen molar-refractivity contribution in [3.05, 3.63) is 24.3 Å². The highest BCUT2D eigenvalue weighted by molar-refractivity contribution is 5.76. The number of carbonyl (C=O) groups is 1. The van der Waals surface area contributed by atoms with Crippen molar-refractivity contribution in [1.29, 1.82) is 0 Å². The molecule has 0 aromatic carbocycles. The van der Waals surface area contributed by atoms with E-state index < -0.39 is 86.8 Å². The van der Waals surface area contributed by atoms with Gasteiger partial charge in [0.2, 0.25) is 5.91 Å². The Labute approximate surface area is 443 Å².